The van der Waals surface area contributed by atoms with Gasteiger partial charge in [0.1, 0.15) is 19.7 Å². The van der Waals surface area contributed by atoms with Crippen LogP contribution in [0.4, 0.5) is 24.5 Å². The van der Waals surface area contributed by atoms with E-state index in [-0.39, 0.29) is 24.2 Å². The molecule has 0 saturated heterocycles. The predicted octanol–water partition coefficient (Wildman–Crippen LogP) is 4.34. The summed E-state index contributed by atoms with van der Waals surface area (Å²) in [7, 11) is 1.97. The molecule has 6 rings (SSSR count). The highest BCUT2D eigenvalue weighted by atomic mass is 35.5. The molecule has 0 amide bonds. The van der Waals surface area contributed by atoms with E-state index < -0.39 is 17.4 Å². The van der Waals surface area contributed by atoms with Crippen molar-refractivity contribution in [1.82, 2.24) is 21.0 Å². The van der Waals surface area contributed by atoms with Gasteiger partial charge in [0.2, 0.25) is 0 Å². The molecule has 0 spiro atoms. The highest BCUT2D eigenvalue weighted by Crippen LogP contribution is 2.42. The number of halogens is 4. The van der Waals surface area contributed by atoms with Crippen molar-refractivity contribution >= 4 is 41.7 Å². The minimum atomic E-state index is -2.71. The maximum atomic E-state index is 13.8. The standard InChI is InChI=1S/C26H24BClF3N7/c27-26(15-1-3-16(29)4-2-15,22-13-38(37-36-22)19-5-6-19)35-17-7-20-23(34-18-9-25(30,31)10-18)14(11-32)12-33-24(20)21(28)8-17/h1-4,7-8,12-13,18-19,35-37H,5-6,9-10,27H2,(H,33,34). The Bertz CT molecular complexity index is 1480. The quantitative estimate of drug-likeness (QED) is 0.334. The summed E-state index contributed by atoms with van der Waals surface area (Å²) in [6, 6.07) is 11.8. The van der Waals surface area contributed by atoms with Crippen LogP contribution in [0.3, 0.4) is 0 Å². The van der Waals surface area contributed by atoms with E-state index in [1.54, 1.807) is 24.3 Å². The van der Waals surface area contributed by atoms with Crippen molar-refractivity contribution in [3.8, 4) is 6.07 Å². The molecule has 1 unspecified atom stereocenters. The molecule has 38 heavy (non-hydrogen) atoms. The van der Waals surface area contributed by atoms with Crippen LogP contribution in [-0.4, -0.2) is 35.8 Å². The minimum absolute atomic E-state index is 0.242. The number of nitrogens with one attached hydrogen (secondary N) is 4. The largest absolute Gasteiger partial charge is 0.380 e. The van der Waals surface area contributed by atoms with Gasteiger partial charge in [-0.25, -0.2) is 13.2 Å². The van der Waals surface area contributed by atoms with Crippen LogP contribution in [0.2, 0.25) is 5.02 Å². The number of aromatic nitrogens is 1. The molecule has 0 radical (unpaired) electrons. The zero-order valence-corrected chi connectivity index (χ0v) is 21.2. The number of hydrogen-bond acceptors (Lipinski definition) is 7. The van der Waals surface area contributed by atoms with Gasteiger partial charge < -0.3 is 16.1 Å². The monoisotopic (exact) mass is 537 g/mol. The van der Waals surface area contributed by atoms with Gasteiger partial charge in [0.25, 0.3) is 5.92 Å². The SMILES string of the molecule is BC(Nc1cc(Cl)c2ncc(C#N)c(NC3CC(F)(F)C3)c2c1)(C1=CN(C2CC2)NN1)c1ccc(F)cc1. The number of hydrazine groups is 2. The maximum absolute atomic E-state index is 13.8. The van der Waals surface area contributed by atoms with Crippen molar-refractivity contribution in [3.05, 3.63) is 76.5 Å². The first-order valence-corrected chi connectivity index (χ1v) is 12.8. The Kier molecular flexibility index (Phi) is 5.85. The van der Waals surface area contributed by atoms with E-state index in [0.717, 1.165) is 24.1 Å². The van der Waals surface area contributed by atoms with Crippen molar-refractivity contribution in [2.45, 2.75) is 49.1 Å². The van der Waals surface area contributed by atoms with Crippen LogP contribution in [0, 0.1) is 17.1 Å². The molecule has 1 aromatic heterocycles. The lowest BCUT2D eigenvalue weighted by molar-refractivity contribution is -0.0793. The Morgan fingerprint density at radius 3 is 2.61 bits per heavy atom. The molecule has 2 aromatic carbocycles. The van der Waals surface area contributed by atoms with Crippen LogP contribution in [0.25, 0.3) is 10.9 Å². The van der Waals surface area contributed by atoms with E-state index >= 15 is 0 Å². The predicted molar refractivity (Wildman–Crippen MR) is 143 cm³/mol. The second-order valence-corrected chi connectivity index (χ2v) is 10.7. The summed E-state index contributed by atoms with van der Waals surface area (Å²) in [4.78, 5) is 4.36. The summed E-state index contributed by atoms with van der Waals surface area (Å²) >= 11 is 6.65. The third-order valence-corrected chi connectivity index (χ3v) is 7.65. The number of fused-ring (bicyclic) bond motifs is 1. The molecule has 3 aromatic rings. The van der Waals surface area contributed by atoms with Crippen LogP contribution in [0.1, 0.15) is 36.8 Å². The highest BCUT2D eigenvalue weighted by molar-refractivity contribution is 6.36. The molecule has 1 atom stereocenters. The van der Waals surface area contributed by atoms with Crippen LogP contribution < -0.4 is 21.6 Å². The van der Waals surface area contributed by atoms with E-state index in [0.29, 0.717) is 33.3 Å². The van der Waals surface area contributed by atoms with Crippen molar-refractivity contribution in [2.24, 2.45) is 0 Å². The number of alkyl halides is 2. The molecule has 2 fully saturated rings. The molecule has 2 heterocycles. The van der Waals surface area contributed by atoms with Crippen molar-refractivity contribution in [2.75, 3.05) is 10.6 Å². The molecule has 7 nitrogen and oxygen atoms in total. The third kappa shape index (κ3) is 4.48. The minimum Gasteiger partial charge on any atom is -0.380 e. The zero-order valence-electron chi connectivity index (χ0n) is 20.5. The molecule has 194 valence electrons. The summed E-state index contributed by atoms with van der Waals surface area (Å²) in [6.07, 6.45) is 4.97. The van der Waals surface area contributed by atoms with Gasteiger partial charge in [0.15, 0.2) is 0 Å². The first-order chi connectivity index (χ1) is 18.1. The summed E-state index contributed by atoms with van der Waals surface area (Å²) in [5.74, 6) is -3.05. The number of nitriles is 1. The number of rotatable bonds is 7. The smallest absolute Gasteiger partial charge is 0.252 e. The fraction of sp³-hybridized carbons (Fsp3) is 0.308. The van der Waals surface area contributed by atoms with E-state index in [2.05, 4.69) is 32.6 Å². The lowest BCUT2D eigenvalue weighted by Gasteiger charge is -2.36. The number of nitrogens with zero attached hydrogens (tertiary/aromatic N) is 3. The van der Waals surface area contributed by atoms with Gasteiger partial charge in [-0.05, 0) is 42.7 Å². The van der Waals surface area contributed by atoms with Gasteiger partial charge in [-0.3, -0.25) is 9.99 Å². The van der Waals surface area contributed by atoms with Crippen LogP contribution >= 0.6 is 11.6 Å². The van der Waals surface area contributed by atoms with Crippen molar-refractivity contribution < 1.29 is 13.2 Å². The second kappa shape index (κ2) is 9.00. The number of anilines is 2. The number of pyridine rings is 1. The summed E-state index contributed by atoms with van der Waals surface area (Å²) in [6.45, 7) is 0. The summed E-state index contributed by atoms with van der Waals surface area (Å²) in [5.41, 5.74) is 8.92. The lowest BCUT2D eigenvalue weighted by atomic mass is 9.69. The molecule has 12 heteroatoms. The van der Waals surface area contributed by atoms with Gasteiger partial charge in [-0.2, -0.15) is 5.26 Å². The van der Waals surface area contributed by atoms with Crippen LogP contribution in [0.15, 0.2) is 54.5 Å². The molecule has 3 aliphatic rings. The van der Waals surface area contributed by atoms with Crippen molar-refractivity contribution in [3.63, 3.8) is 0 Å². The molecule has 2 saturated carbocycles. The average molecular weight is 538 g/mol. The Balaban J connectivity index is 1.42. The maximum Gasteiger partial charge on any atom is 0.252 e. The molecule has 2 aliphatic carbocycles. The Hall–Kier alpha value is -3.62. The first-order valence-electron chi connectivity index (χ1n) is 12.4. The lowest BCUT2D eigenvalue weighted by Crippen LogP contribution is -2.45. The molecular formula is C26H24BClF3N7. The number of hydrogen-bond donors (Lipinski definition) is 4. The summed E-state index contributed by atoms with van der Waals surface area (Å²) < 4.78 is 40.9. The zero-order chi connectivity index (χ0) is 26.7. The first kappa shape index (κ1) is 24.7. The van der Waals surface area contributed by atoms with Gasteiger partial charge in [-0.1, -0.05) is 23.7 Å². The van der Waals surface area contributed by atoms with E-state index in [1.807, 2.05) is 19.1 Å². The molecule has 1 aliphatic heterocycles. The van der Waals surface area contributed by atoms with Gasteiger partial charge in [0, 0.05) is 48.4 Å². The fourth-order valence-corrected chi connectivity index (χ4v) is 5.31. The van der Waals surface area contributed by atoms with E-state index in [9.17, 15) is 18.4 Å². The Labute approximate surface area is 223 Å². The van der Waals surface area contributed by atoms with Crippen LogP contribution in [0.5, 0.6) is 0 Å². The molecule has 0 bridgehead atoms. The normalized spacial score (nSPS) is 20.2. The fourth-order valence-electron chi connectivity index (χ4n) is 5.04. The highest BCUT2D eigenvalue weighted by Gasteiger charge is 2.45. The van der Waals surface area contributed by atoms with Gasteiger partial charge in [0.05, 0.1) is 32.9 Å². The van der Waals surface area contributed by atoms with Crippen molar-refractivity contribution in [1.29, 1.82) is 5.26 Å². The molecule has 4 N–H and O–H groups in total. The molecular weight excluding hydrogens is 514 g/mol. The van der Waals surface area contributed by atoms with E-state index in [4.69, 9.17) is 11.6 Å². The second-order valence-electron chi connectivity index (χ2n) is 10.3. The number of benzene rings is 2. The van der Waals surface area contributed by atoms with Crippen LogP contribution in [-0.2, 0) is 5.44 Å². The van der Waals surface area contributed by atoms with Gasteiger partial charge >= 0.3 is 0 Å². The van der Waals surface area contributed by atoms with E-state index in [1.165, 1.54) is 18.3 Å². The summed E-state index contributed by atoms with van der Waals surface area (Å²) in [5, 5.41) is 19.3. The Morgan fingerprint density at radius 1 is 1.21 bits per heavy atom. The Morgan fingerprint density at radius 2 is 1.95 bits per heavy atom. The topological polar surface area (TPSA) is 88.0 Å². The average Bonchev–Trinajstić information content (AvgIpc) is 3.59. The third-order valence-electron chi connectivity index (χ3n) is 7.37. The van der Waals surface area contributed by atoms with Gasteiger partial charge in [-0.15, -0.1) is 5.53 Å².